The molecule has 1 heterocycles. The molecule has 0 unspecified atom stereocenters. The number of primary sulfonamides is 1. The number of nitrogens with zero attached hydrogens (tertiary/aromatic N) is 2. The zero-order valence-corrected chi connectivity index (χ0v) is 11.1. The summed E-state index contributed by atoms with van der Waals surface area (Å²) in [7, 11) is -3.96. The third-order valence-corrected chi connectivity index (χ3v) is 3.65. The van der Waals surface area contributed by atoms with Crippen LogP contribution in [0, 0.1) is 0 Å². The Morgan fingerprint density at radius 2 is 1.89 bits per heavy atom. The second-order valence-corrected chi connectivity index (χ2v) is 6.21. The van der Waals surface area contributed by atoms with E-state index in [9.17, 15) is 18.0 Å². The number of sulfonamides is 1. The molecule has 9 nitrogen and oxygen atoms in total. The average molecular weight is 293 g/mol. The van der Waals surface area contributed by atoms with Crippen molar-refractivity contribution >= 4 is 38.3 Å². The first-order valence-corrected chi connectivity index (χ1v) is 7.04. The lowest BCUT2D eigenvalue weighted by atomic mass is 10.4. The van der Waals surface area contributed by atoms with E-state index in [1.54, 1.807) is 13.8 Å². The number of carbonyl (C=O) groups excluding carboxylic acids is 2. The molecule has 0 aliphatic rings. The molecule has 0 aliphatic carbocycles. The first-order valence-electron chi connectivity index (χ1n) is 4.68. The van der Waals surface area contributed by atoms with Gasteiger partial charge in [-0.1, -0.05) is 11.3 Å². The highest BCUT2D eigenvalue weighted by atomic mass is 32.2. The Labute approximate surface area is 107 Å². The van der Waals surface area contributed by atoms with Crippen molar-refractivity contribution in [1.29, 1.82) is 0 Å². The zero-order valence-electron chi connectivity index (χ0n) is 9.50. The topological polar surface area (TPSA) is 144 Å². The van der Waals surface area contributed by atoms with Crippen LogP contribution in [-0.2, 0) is 19.6 Å². The molecule has 1 rings (SSSR count). The fraction of sp³-hybridized carbons (Fsp3) is 0.429. The minimum absolute atomic E-state index is 0.122. The smallest absolute Gasteiger partial charge is 0.315 e. The predicted molar refractivity (Wildman–Crippen MR) is 63.2 cm³/mol. The Balaban J connectivity index is 2.72. The molecule has 0 spiro atoms. The lowest BCUT2D eigenvalue weighted by molar-refractivity contribution is -0.136. The van der Waals surface area contributed by atoms with E-state index >= 15 is 0 Å². The van der Waals surface area contributed by atoms with Crippen molar-refractivity contribution in [1.82, 2.24) is 15.5 Å². The number of rotatable bonds is 3. The van der Waals surface area contributed by atoms with Crippen molar-refractivity contribution in [2.75, 3.05) is 5.32 Å². The molecule has 0 atom stereocenters. The number of amides is 2. The molecular weight excluding hydrogens is 282 g/mol. The highest BCUT2D eigenvalue weighted by Gasteiger charge is 2.19. The fourth-order valence-corrected chi connectivity index (χ4v) is 2.19. The van der Waals surface area contributed by atoms with Gasteiger partial charge in [0.05, 0.1) is 0 Å². The minimum atomic E-state index is -3.96. The summed E-state index contributed by atoms with van der Waals surface area (Å²) in [6, 6.07) is -0.197. The van der Waals surface area contributed by atoms with Crippen molar-refractivity contribution < 1.29 is 18.0 Å². The molecule has 0 aromatic carbocycles. The summed E-state index contributed by atoms with van der Waals surface area (Å²) in [5, 5.41) is 15.8. The summed E-state index contributed by atoms with van der Waals surface area (Å²) >= 11 is 0.557. The number of anilines is 1. The first kappa shape index (κ1) is 14.5. The number of nitrogens with two attached hydrogens (primary N) is 1. The Hall–Kier alpha value is -1.59. The molecule has 18 heavy (non-hydrogen) atoms. The second kappa shape index (κ2) is 5.37. The van der Waals surface area contributed by atoms with Gasteiger partial charge in [-0.2, -0.15) is 0 Å². The molecule has 0 bridgehead atoms. The normalized spacial score (nSPS) is 11.3. The van der Waals surface area contributed by atoms with Crippen molar-refractivity contribution in [3.63, 3.8) is 0 Å². The van der Waals surface area contributed by atoms with Gasteiger partial charge in [-0.25, -0.2) is 13.6 Å². The lowest BCUT2D eigenvalue weighted by Crippen LogP contribution is -2.39. The third kappa shape index (κ3) is 4.01. The molecule has 0 radical (unpaired) electrons. The van der Waals surface area contributed by atoms with Crippen molar-refractivity contribution in [2.24, 2.45) is 5.14 Å². The number of hydrogen-bond acceptors (Lipinski definition) is 7. The summed E-state index contributed by atoms with van der Waals surface area (Å²) in [5.41, 5.74) is 0. The molecule has 4 N–H and O–H groups in total. The van der Waals surface area contributed by atoms with Crippen LogP contribution >= 0.6 is 11.3 Å². The molecule has 1 aromatic rings. The summed E-state index contributed by atoms with van der Waals surface area (Å²) in [6.07, 6.45) is 0. The van der Waals surface area contributed by atoms with Gasteiger partial charge in [0.2, 0.25) is 9.47 Å². The highest BCUT2D eigenvalue weighted by Crippen LogP contribution is 2.18. The monoisotopic (exact) mass is 293 g/mol. The van der Waals surface area contributed by atoms with E-state index in [4.69, 9.17) is 5.14 Å². The van der Waals surface area contributed by atoms with Gasteiger partial charge in [0, 0.05) is 6.04 Å². The van der Waals surface area contributed by atoms with E-state index in [1.807, 2.05) is 0 Å². The highest BCUT2D eigenvalue weighted by molar-refractivity contribution is 7.91. The molecule has 0 saturated heterocycles. The average Bonchev–Trinajstić information content (AvgIpc) is 2.64. The van der Waals surface area contributed by atoms with Gasteiger partial charge in [-0.3, -0.25) is 14.9 Å². The Morgan fingerprint density at radius 3 is 2.33 bits per heavy atom. The SMILES string of the molecule is CC(C)NC(=O)C(=O)Nc1nnc(S(N)(=O)=O)s1. The number of aromatic nitrogens is 2. The van der Waals surface area contributed by atoms with E-state index in [1.165, 1.54) is 0 Å². The lowest BCUT2D eigenvalue weighted by Gasteiger charge is -2.06. The van der Waals surface area contributed by atoms with Crippen LogP contribution in [0.25, 0.3) is 0 Å². The molecule has 11 heteroatoms. The van der Waals surface area contributed by atoms with Gasteiger partial charge in [-0.15, -0.1) is 10.2 Å². The van der Waals surface area contributed by atoms with Crippen molar-refractivity contribution in [3.05, 3.63) is 0 Å². The van der Waals surface area contributed by atoms with Gasteiger partial charge in [0.25, 0.3) is 10.0 Å². The van der Waals surface area contributed by atoms with E-state index in [0.717, 1.165) is 0 Å². The number of nitrogens with one attached hydrogen (secondary N) is 2. The van der Waals surface area contributed by atoms with Gasteiger partial charge in [0.1, 0.15) is 0 Å². The summed E-state index contributed by atoms with van der Waals surface area (Å²) in [5.74, 6) is -1.81. The van der Waals surface area contributed by atoms with Crippen LogP contribution in [0.2, 0.25) is 0 Å². The third-order valence-electron chi connectivity index (χ3n) is 1.50. The van der Waals surface area contributed by atoms with Gasteiger partial charge >= 0.3 is 11.8 Å². The maximum atomic E-state index is 11.3. The van der Waals surface area contributed by atoms with Crippen LogP contribution in [-0.4, -0.2) is 36.5 Å². The standard InChI is InChI=1S/C7H11N5O4S2/c1-3(2)9-4(13)5(14)10-6-11-12-7(17-6)18(8,15)16/h3H,1-2H3,(H,9,13)(H2,8,15,16)(H,10,11,14). The Bertz CT molecular complexity index is 564. The maximum Gasteiger partial charge on any atom is 0.315 e. The van der Waals surface area contributed by atoms with Crippen LogP contribution in [0.15, 0.2) is 4.34 Å². The van der Waals surface area contributed by atoms with E-state index < -0.39 is 26.2 Å². The quantitative estimate of drug-likeness (QED) is 0.464. The van der Waals surface area contributed by atoms with Gasteiger partial charge < -0.3 is 5.32 Å². The van der Waals surface area contributed by atoms with E-state index in [-0.39, 0.29) is 11.2 Å². The van der Waals surface area contributed by atoms with Gasteiger partial charge in [0.15, 0.2) is 0 Å². The van der Waals surface area contributed by atoms with Crippen LogP contribution in [0.1, 0.15) is 13.8 Å². The Morgan fingerprint density at radius 1 is 1.28 bits per heavy atom. The molecule has 0 fully saturated rings. The Kier molecular flexibility index (Phi) is 4.32. The summed E-state index contributed by atoms with van der Waals surface area (Å²) in [6.45, 7) is 3.38. The van der Waals surface area contributed by atoms with Crippen LogP contribution in [0.5, 0.6) is 0 Å². The van der Waals surface area contributed by atoms with Crippen LogP contribution < -0.4 is 15.8 Å². The molecule has 0 saturated carbocycles. The molecule has 100 valence electrons. The van der Waals surface area contributed by atoms with Crippen LogP contribution in [0.4, 0.5) is 5.13 Å². The van der Waals surface area contributed by atoms with Crippen molar-refractivity contribution in [2.45, 2.75) is 24.2 Å². The molecule has 1 aromatic heterocycles. The number of hydrogen-bond donors (Lipinski definition) is 3. The van der Waals surface area contributed by atoms with E-state index in [0.29, 0.717) is 11.3 Å². The van der Waals surface area contributed by atoms with Crippen molar-refractivity contribution in [3.8, 4) is 0 Å². The molecule has 0 aliphatic heterocycles. The first-order chi connectivity index (χ1) is 8.20. The second-order valence-electron chi connectivity index (χ2n) is 3.50. The molecule has 2 amide bonds. The maximum absolute atomic E-state index is 11.3. The summed E-state index contributed by atoms with van der Waals surface area (Å²) < 4.78 is 21.4. The fourth-order valence-electron chi connectivity index (χ4n) is 0.857. The largest absolute Gasteiger partial charge is 0.346 e. The predicted octanol–water partition coefficient (Wildman–Crippen LogP) is -1.35. The minimum Gasteiger partial charge on any atom is -0.346 e. The number of carbonyl (C=O) groups is 2. The van der Waals surface area contributed by atoms with E-state index in [2.05, 4.69) is 20.8 Å². The van der Waals surface area contributed by atoms with Gasteiger partial charge in [-0.05, 0) is 13.8 Å². The summed E-state index contributed by atoms with van der Waals surface area (Å²) in [4.78, 5) is 22.6. The molecular formula is C7H11N5O4S2. The van der Waals surface area contributed by atoms with Crippen LogP contribution in [0.3, 0.4) is 0 Å². The zero-order chi connectivity index (χ0) is 13.9.